The number of halogens is 3. The fraction of sp³-hybridized carbons (Fsp3) is 0.367. The number of nitrogens with zero attached hydrogens (tertiary/aromatic N) is 3. The Morgan fingerprint density at radius 1 is 1.09 bits per heavy atom. The number of pyridine rings is 1. The quantitative estimate of drug-likeness (QED) is 0.264. The van der Waals surface area contributed by atoms with Gasteiger partial charge < -0.3 is 19.9 Å². The zero-order valence-electron chi connectivity index (χ0n) is 23.8. The number of anilines is 1. The molecule has 1 saturated carbocycles. The van der Waals surface area contributed by atoms with Crippen molar-refractivity contribution in [3.05, 3.63) is 76.3 Å². The van der Waals surface area contributed by atoms with Gasteiger partial charge in [0, 0.05) is 40.3 Å². The molecule has 1 aliphatic carbocycles. The van der Waals surface area contributed by atoms with Gasteiger partial charge in [-0.1, -0.05) is 19.0 Å². The largest absolute Gasteiger partial charge is 0.493 e. The number of hydrogen-bond acceptors (Lipinski definition) is 7. The fourth-order valence-electron chi connectivity index (χ4n) is 5.86. The van der Waals surface area contributed by atoms with Crippen LogP contribution in [0.2, 0.25) is 0 Å². The highest BCUT2D eigenvalue weighted by molar-refractivity contribution is 6.02. The van der Waals surface area contributed by atoms with Gasteiger partial charge in [-0.3, -0.25) is 19.7 Å². The average Bonchev–Trinajstić information content (AvgIpc) is 3.38. The summed E-state index contributed by atoms with van der Waals surface area (Å²) >= 11 is 0. The molecule has 4 heterocycles. The number of hydrogen-bond donors (Lipinski definition) is 3. The third-order valence-electron chi connectivity index (χ3n) is 8.22. The topological polar surface area (TPSA) is 135 Å². The molecule has 10 nitrogen and oxygen atoms in total. The molecule has 2 atom stereocenters. The van der Waals surface area contributed by atoms with Crippen molar-refractivity contribution in [3.63, 3.8) is 0 Å². The van der Waals surface area contributed by atoms with Gasteiger partial charge in [0.05, 0.1) is 29.9 Å². The summed E-state index contributed by atoms with van der Waals surface area (Å²) in [4.78, 5) is 31.8. The first-order valence-corrected chi connectivity index (χ1v) is 13.8. The maximum Gasteiger partial charge on any atom is 0.257 e. The maximum absolute atomic E-state index is 15.3. The van der Waals surface area contributed by atoms with Gasteiger partial charge >= 0.3 is 0 Å². The van der Waals surface area contributed by atoms with Crippen molar-refractivity contribution < 1.29 is 32.0 Å². The van der Waals surface area contributed by atoms with E-state index in [-0.39, 0.29) is 40.8 Å². The molecule has 13 heteroatoms. The second-order valence-corrected chi connectivity index (χ2v) is 11.5. The van der Waals surface area contributed by atoms with Crippen LogP contribution in [0.4, 0.5) is 18.9 Å². The van der Waals surface area contributed by atoms with Gasteiger partial charge in [0.25, 0.3) is 5.91 Å². The van der Waals surface area contributed by atoms with Crippen molar-refractivity contribution >= 4 is 17.5 Å². The van der Waals surface area contributed by atoms with E-state index in [4.69, 9.17) is 9.26 Å². The number of aromatic amines is 1. The van der Waals surface area contributed by atoms with Gasteiger partial charge in [0.2, 0.25) is 5.91 Å². The van der Waals surface area contributed by atoms with E-state index in [2.05, 4.69) is 31.0 Å². The second kappa shape index (κ2) is 10.5. The van der Waals surface area contributed by atoms with Crippen LogP contribution in [0.5, 0.6) is 5.75 Å². The summed E-state index contributed by atoms with van der Waals surface area (Å²) in [6.45, 7) is 7.28. The smallest absolute Gasteiger partial charge is 0.257 e. The van der Waals surface area contributed by atoms with Crippen LogP contribution in [-0.2, 0) is 4.79 Å². The van der Waals surface area contributed by atoms with Gasteiger partial charge in [-0.05, 0) is 38.7 Å². The molecule has 4 aromatic rings. The Labute approximate surface area is 244 Å². The lowest BCUT2D eigenvalue weighted by atomic mass is 9.75. The number of carbonyl (C=O) groups excluding carboxylic acids is 2. The second-order valence-electron chi connectivity index (χ2n) is 11.5. The molecule has 224 valence electrons. The summed E-state index contributed by atoms with van der Waals surface area (Å²) in [5.74, 6) is -5.08. The third-order valence-corrected chi connectivity index (χ3v) is 8.22. The molecule has 3 N–H and O–H groups in total. The minimum Gasteiger partial charge on any atom is -0.493 e. The summed E-state index contributed by atoms with van der Waals surface area (Å²) in [5, 5.41) is 16.2. The van der Waals surface area contributed by atoms with Crippen LogP contribution < -0.4 is 15.4 Å². The third kappa shape index (κ3) is 5.02. The van der Waals surface area contributed by atoms with Crippen LogP contribution in [0.1, 0.15) is 71.5 Å². The molecule has 0 bridgehead atoms. The molecule has 1 spiro atoms. The first kappa shape index (κ1) is 28.4. The maximum atomic E-state index is 15.3. The number of ether oxygens (including phenoxy) is 1. The Morgan fingerprint density at radius 2 is 1.84 bits per heavy atom. The lowest BCUT2D eigenvalue weighted by Gasteiger charge is -2.38. The van der Waals surface area contributed by atoms with Crippen molar-refractivity contribution in [1.29, 1.82) is 0 Å². The van der Waals surface area contributed by atoms with Gasteiger partial charge in [-0.15, -0.1) is 0 Å². The fourth-order valence-corrected chi connectivity index (χ4v) is 5.86. The Kier molecular flexibility index (Phi) is 6.98. The Balaban J connectivity index is 1.38. The van der Waals surface area contributed by atoms with E-state index in [0.717, 1.165) is 18.2 Å². The van der Waals surface area contributed by atoms with Gasteiger partial charge in [0.1, 0.15) is 29.3 Å². The van der Waals surface area contributed by atoms with E-state index in [1.54, 1.807) is 13.8 Å². The number of carbonyl (C=O) groups is 2. The van der Waals surface area contributed by atoms with Gasteiger partial charge in [0.15, 0.2) is 17.5 Å². The number of benzene rings is 1. The van der Waals surface area contributed by atoms with E-state index in [1.807, 2.05) is 13.8 Å². The monoisotopic (exact) mass is 594 g/mol. The zero-order chi connectivity index (χ0) is 30.6. The number of aryl methyl sites for hydroxylation is 2. The first-order valence-electron chi connectivity index (χ1n) is 13.8. The number of H-pyrrole nitrogens is 1. The van der Waals surface area contributed by atoms with Crippen molar-refractivity contribution in [2.24, 2.45) is 5.41 Å². The molecule has 2 aliphatic rings. The van der Waals surface area contributed by atoms with Crippen LogP contribution >= 0.6 is 0 Å². The van der Waals surface area contributed by atoms with Crippen molar-refractivity contribution in [1.82, 2.24) is 25.7 Å². The number of aromatic nitrogens is 4. The molecule has 2 amide bonds. The van der Waals surface area contributed by atoms with E-state index in [0.29, 0.717) is 35.5 Å². The molecule has 43 heavy (non-hydrogen) atoms. The summed E-state index contributed by atoms with van der Waals surface area (Å²) < 4.78 is 54.8. The van der Waals surface area contributed by atoms with Gasteiger partial charge in [-0.25, -0.2) is 13.2 Å². The highest BCUT2D eigenvalue weighted by Gasteiger charge is 2.58. The normalized spacial score (nSPS) is 17.3. The lowest BCUT2D eigenvalue weighted by Crippen LogP contribution is -2.52. The number of fused-ring (bicyclic) bond motifs is 1. The van der Waals surface area contributed by atoms with Crippen molar-refractivity contribution in [2.75, 3.05) is 11.9 Å². The predicted molar refractivity (Wildman–Crippen MR) is 148 cm³/mol. The molecular weight excluding hydrogens is 565 g/mol. The minimum absolute atomic E-state index is 0.0413. The van der Waals surface area contributed by atoms with Crippen LogP contribution in [0.3, 0.4) is 0 Å². The van der Waals surface area contributed by atoms with Crippen LogP contribution in [0.15, 0.2) is 35.2 Å². The number of rotatable bonds is 7. The predicted octanol–water partition coefficient (Wildman–Crippen LogP) is 5.31. The highest BCUT2D eigenvalue weighted by atomic mass is 19.2. The number of nitrogens with one attached hydrogen (secondary N) is 3. The molecule has 3 aromatic heterocycles. The molecule has 1 aliphatic heterocycles. The highest BCUT2D eigenvalue weighted by Crippen LogP contribution is 2.61. The van der Waals surface area contributed by atoms with Crippen LogP contribution in [-0.4, -0.2) is 44.8 Å². The van der Waals surface area contributed by atoms with Crippen molar-refractivity contribution in [3.8, 4) is 17.0 Å². The standard InChI is InChI=1S/C30H29F3N6O4/c1-13(2)25-18(11-43-39-25)28(40)36-27(24-17-8-19(31)20(32)9-22(17)42-12-30(24)5-6-30)29(41)35-16-7-21(33)26(34-10-16)23-14(3)37-38-15(23)4/h7-11,13,24,27H,5-6,12H2,1-4H3,(H,35,41)(H,36,40)(H,37,38)/t24?,27-/m0/s1. The minimum atomic E-state index is -1.29. The Morgan fingerprint density at radius 3 is 2.49 bits per heavy atom. The van der Waals surface area contributed by atoms with E-state index < -0.39 is 46.6 Å². The Bertz CT molecular complexity index is 1730. The number of amides is 2. The molecular formula is C30H29F3N6O4. The molecule has 1 aromatic carbocycles. The van der Waals surface area contributed by atoms with E-state index in [9.17, 15) is 18.4 Å². The summed E-state index contributed by atoms with van der Waals surface area (Å²) in [7, 11) is 0. The summed E-state index contributed by atoms with van der Waals surface area (Å²) in [5.41, 5.74) is 1.99. The first-order chi connectivity index (χ1) is 20.5. The van der Waals surface area contributed by atoms with Gasteiger partial charge in [-0.2, -0.15) is 5.10 Å². The van der Waals surface area contributed by atoms with Crippen LogP contribution in [0, 0.1) is 36.7 Å². The molecule has 0 saturated heterocycles. The van der Waals surface area contributed by atoms with E-state index >= 15 is 4.39 Å². The molecule has 6 rings (SSSR count). The van der Waals surface area contributed by atoms with Crippen LogP contribution in [0.25, 0.3) is 11.3 Å². The summed E-state index contributed by atoms with van der Waals surface area (Å²) in [6.07, 6.45) is 3.76. The Hall–Kier alpha value is -4.68. The summed E-state index contributed by atoms with van der Waals surface area (Å²) in [6, 6.07) is 1.78. The van der Waals surface area contributed by atoms with E-state index in [1.165, 1.54) is 12.5 Å². The molecule has 1 unspecified atom stereocenters. The SMILES string of the molecule is Cc1n[nH]c(C)c1-c1ncc(NC(=O)[C@@H](NC(=O)c2conc2C(C)C)C2c3cc(F)c(F)cc3OCC23CC3)cc1F. The zero-order valence-corrected chi connectivity index (χ0v) is 23.8. The average molecular weight is 595 g/mol. The lowest BCUT2D eigenvalue weighted by molar-refractivity contribution is -0.119. The molecule has 1 fully saturated rings. The van der Waals surface area contributed by atoms with Crippen molar-refractivity contribution in [2.45, 2.75) is 58.4 Å². The molecule has 0 radical (unpaired) electrons.